The number of anilines is 1. The highest BCUT2D eigenvalue weighted by atomic mass is 16.2. The van der Waals surface area contributed by atoms with E-state index < -0.39 is 0 Å². The van der Waals surface area contributed by atoms with Crippen LogP contribution in [-0.2, 0) is 4.79 Å². The Labute approximate surface area is 170 Å². The van der Waals surface area contributed by atoms with Gasteiger partial charge in [-0.1, -0.05) is 32.0 Å². The van der Waals surface area contributed by atoms with Gasteiger partial charge in [0.15, 0.2) is 0 Å². The van der Waals surface area contributed by atoms with Gasteiger partial charge in [0.2, 0.25) is 6.41 Å². The number of nitrogens with zero attached hydrogens (tertiary/aromatic N) is 3. The molecule has 3 amide bonds. The number of amides is 3. The maximum absolute atomic E-state index is 12.9. The molecular weight excluding hydrogens is 368 g/mol. The van der Waals surface area contributed by atoms with Gasteiger partial charge in [0.05, 0.1) is 11.1 Å². The number of carbonyl (C=O) groups is 3. The molecule has 7 nitrogen and oxygen atoms in total. The smallest absolute Gasteiger partial charge is 0.257 e. The summed E-state index contributed by atoms with van der Waals surface area (Å²) in [5.41, 5.74) is 3.55. The fraction of sp³-hybridized carbons (Fsp3) is 0.364. The number of para-hydroxylation sites is 1. The minimum absolute atomic E-state index is 0.184. The first kappa shape index (κ1) is 20.5. The Morgan fingerprint density at radius 3 is 2.45 bits per heavy atom. The fourth-order valence-corrected chi connectivity index (χ4v) is 3.42. The molecule has 0 spiro atoms. The van der Waals surface area contributed by atoms with Crippen molar-refractivity contribution in [2.45, 2.75) is 26.7 Å². The predicted molar refractivity (Wildman–Crippen MR) is 111 cm³/mol. The van der Waals surface area contributed by atoms with Gasteiger partial charge >= 0.3 is 0 Å². The molecule has 1 fully saturated rings. The van der Waals surface area contributed by atoms with Crippen molar-refractivity contribution in [1.82, 2.24) is 14.8 Å². The Bertz CT molecular complexity index is 918. The zero-order valence-electron chi connectivity index (χ0n) is 17.0. The van der Waals surface area contributed by atoms with Crippen LogP contribution >= 0.6 is 0 Å². The van der Waals surface area contributed by atoms with Gasteiger partial charge in [0.25, 0.3) is 11.8 Å². The summed E-state index contributed by atoms with van der Waals surface area (Å²) in [5, 5.41) is 2.99. The van der Waals surface area contributed by atoms with E-state index in [-0.39, 0.29) is 17.7 Å². The first-order chi connectivity index (χ1) is 13.9. The number of benzene rings is 1. The van der Waals surface area contributed by atoms with E-state index in [0.29, 0.717) is 37.3 Å². The maximum atomic E-state index is 12.9. The molecule has 1 aliphatic heterocycles. The summed E-state index contributed by atoms with van der Waals surface area (Å²) in [6.07, 6.45) is 3.73. The molecule has 0 bridgehead atoms. The third-order valence-corrected chi connectivity index (χ3v) is 5.16. The first-order valence-corrected chi connectivity index (χ1v) is 9.75. The normalized spacial score (nSPS) is 14.1. The predicted octanol–water partition coefficient (Wildman–Crippen LogP) is 2.68. The van der Waals surface area contributed by atoms with Gasteiger partial charge in [-0.15, -0.1) is 0 Å². The molecule has 0 atom stereocenters. The lowest BCUT2D eigenvalue weighted by molar-refractivity contribution is -0.119. The molecule has 1 aliphatic rings. The highest BCUT2D eigenvalue weighted by Crippen LogP contribution is 2.27. The van der Waals surface area contributed by atoms with Gasteiger partial charge in [0, 0.05) is 44.3 Å². The zero-order valence-corrected chi connectivity index (χ0v) is 17.0. The molecule has 0 radical (unpaired) electrons. The van der Waals surface area contributed by atoms with E-state index in [1.54, 1.807) is 15.9 Å². The van der Waals surface area contributed by atoms with Crippen molar-refractivity contribution in [2.24, 2.45) is 0 Å². The van der Waals surface area contributed by atoms with E-state index in [9.17, 15) is 14.4 Å². The minimum atomic E-state index is -0.297. The van der Waals surface area contributed by atoms with E-state index in [1.165, 1.54) is 12.4 Å². The molecule has 1 N–H and O–H groups in total. The molecule has 29 heavy (non-hydrogen) atoms. The second kappa shape index (κ2) is 8.86. The lowest BCUT2D eigenvalue weighted by atomic mass is 9.98. The highest BCUT2D eigenvalue weighted by molar-refractivity contribution is 6.06. The lowest BCUT2D eigenvalue weighted by Gasteiger charge is -2.32. The van der Waals surface area contributed by atoms with Gasteiger partial charge < -0.3 is 15.1 Å². The molecule has 1 saturated heterocycles. The van der Waals surface area contributed by atoms with Crippen LogP contribution in [0.5, 0.6) is 0 Å². The van der Waals surface area contributed by atoms with Crippen LogP contribution in [0.1, 0.15) is 51.6 Å². The monoisotopic (exact) mass is 394 g/mol. The summed E-state index contributed by atoms with van der Waals surface area (Å²) in [6.45, 7) is 8.07. The minimum Gasteiger partial charge on any atom is -0.342 e. The summed E-state index contributed by atoms with van der Waals surface area (Å²) in [5.74, 6) is -0.216. The number of rotatable bonds is 5. The Morgan fingerprint density at radius 2 is 1.79 bits per heavy atom. The van der Waals surface area contributed by atoms with Gasteiger partial charge in [-0.3, -0.25) is 19.4 Å². The highest BCUT2D eigenvalue weighted by Gasteiger charge is 2.22. The van der Waals surface area contributed by atoms with Crippen LogP contribution in [0.25, 0.3) is 0 Å². The van der Waals surface area contributed by atoms with E-state index in [1.807, 2.05) is 25.1 Å². The van der Waals surface area contributed by atoms with Gasteiger partial charge in [-0.2, -0.15) is 0 Å². The second-order valence-electron chi connectivity index (χ2n) is 7.54. The van der Waals surface area contributed by atoms with Crippen LogP contribution in [0.15, 0.2) is 36.7 Å². The Kier molecular flexibility index (Phi) is 6.26. The third kappa shape index (κ3) is 4.62. The van der Waals surface area contributed by atoms with Crippen molar-refractivity contribution < 1.29 is 14.4 Å². The summed E-state index contributed by atoms with van der Waals surface area (Å²) < 4.78 is 0. The molecule has 7 heteroatoms. The average Bonchev–Trinajstić information content (AvgIpc) is 2.74. The lowest BCUT2D eigenvalue weighted by Crippen LogP contribution is -2.48. The number of aryl methyl sites for hydroxylation is 1. The number of carbonyl (C=O) groups excluding carboxylic acids is 3. The first-order valence-electron chi connectivity index (χ1n) is 9.75. The van der Waals surface area contributed by atoms with Crippen molar-refractivity contribution in [1.29, 1.82) is 0 Å². The number of aromatic nitrogens is 1. The molecule has 2 heterocycles. The number of nitrogens with one attached hydrogen (secondary N) is 1. The van der Waals surface area contributed by atoms with Crippen LogP contribution in [0.3, 0.4) is 0 Å². The quantitative estimate of drug-likeness (QED) is 0.791. The Balaban J connectivity index is 1.77. The molecule has 0 aliphatic carbocycles. The topological polar surface area (TPSA) is 82.6 Å². The standard InChI is InChI=1S/C22H26N4O3/c1-15(2)19-6-4-5-16(3)20(19)24-21(28)17-11-18(13-23-12-17)22(29)26-9-7-25(14-27)8-10-26/h4-6,11-15H,7-10H2,1-3H3,(H,24,28). The van der Waals surface area contributed by atoms with E-state index in [4.69, 9.17) is 0 Å². The van der Waals surface area contributed by atoms with Gasteiger partial charge in [0.1, 0.15) is 0 Å². The van der Waals surface area contributed by atoms with E-state index in [2.05, 4.69) is 24.1 Å². The van der Waals surface area contributed by atoms with Crippen LogP contribution in [-0.4, -0.2) is 59.2 Å². The largest absolute Gasteiger partial charge is 0.342 e. The summed E-state index contributed by atoms with van der Waals surface area (Å²) in [7, 11) is 0. The van der Waals surface area contributed by atoms with E-state index >= 15 is 0 Å². The number of hydrogen-bond donors (Lipinski definition) is 1. The number of pyridine rings is 1. The fourth-order valence-electron chi connectivity index (χ4n) is 3.42. The summed E-state index contributed by atoms with van der Waals surface area (Å²) in [6, 6.07) is 7.51. The molecule has 0 saturated carbocycles. The van der Waals surface area contributed by atoms with Crippen molar-refractivity contribution in [2.75, 3.05) is 31.5 Å². The Hall–Kier alpha value is -3.22. The molecule has 1 aromatic heterocycles. The zero-order chi connectivity index (χ0) is 21.0. The second-order valence-corrected chi connectivity index (χ2v) is 7.54. The molecule has 3 rings (SSSR count). The molecule has 152 valence electrons. The average molecular weight is 394 g/mol. The number of piperazine rings is 1. The van der Waals surface area contributed by atoms with Gasteiger partial charge in [-0.25, -0.2) is 0 Å². The summed E-state index contributed by atoms with van der Waals surface area (Å²) >= 11 is 0. The Morgan fingerprint density at radius 1 is 1.10 bits per heavy atom. The van der Waals surface area contributed by atoms with Gasteiger partial charge in [-0.05, 0) is 30.0 Å². The van der Waals surface area contributed by atoms with Crippen molar-refractivity contribution in [3.05, 3.63) is 58.9 Å². The van der Waals surface area contributed by atoms with Crippen LogP contribution in [0, 0.1) is 6.92 Å². The van der Waals surface area contributed by atoms with Crippen molar-refractivity contribution >= 4 is 23.9 Å². The van der Waals surface area contributed by atoms with Crippen LogP contribution < -0.4 is 5.32 Å². The van der Waals surface area contributed by atoms with Crippen LogP contribution in [0.2, 0.25) is 0 Å². The van der Waals surface area contributed by atoms with Crippen LogP contribution in [0.4, 0.5) is 5.69 Å². The summed E-state index contributed by atoms with van der Waals surface area (Å²) in [4.78, 5) is 43.9. The molecular formula is C22H26N4O3. The van der Waals surface area contributed by atoms with E-state index in [0.717, 1.165) is 23.2 Å². The molecule has 1 aromatic carbocycles. The maximum Gasteiger partial charge on any atom is 0.257 e. The molecule has 0 unspecified atom stereocenters. The number of hydrogen-bond acceptors (Lipinski definition) is 4. The molecule has 2 aromatic rings. The SMILES string of the molecule is Cc1cccc(C(C)C)c1NC(=O)c1cncc(C(=O)N2CCN(C=O)CC2)c1. The third-order valence-electron chi connectivity index (χ3n) is 5.16. The van der Waals surface area contributed by atoms with Crippen molar-refractivity contribution in [3.8, 4) is 0 Å². The van der Waals surface area contributed by atoms with Crippen molar-refractivity contribution in [3.63, 3.8) is 0 Å².